The van der Waals surface area contributed by atoms with Gasteiger partial charge in [0, 0.05) is 11.6 Å². The molecule has 96 valence electrons. The average Bonchev–Trinajstić information content (AvgIpc) is 2.71. The zero-order valence-electron chi connectivity index (χ0n) is 11.1. The Labute approximate surface area is 100 Å². The van der Waals surface area contributed by atoms with E-state index in [1.807, 2.05) is 7.05 Å². The van der Waals surface area contributed by atoms with Crippen molar-refractivity contribution in [3.8, 4) is 0 Å². The van der Waals surface area contributed by atoms with Crippen molar-refractivity contribution in [2.24, 2.45) is 0 Å². The first-order valence-electron chi connectivity index (χ1n) is 6.71. The third-order valence-corrected chi connectivity index (χ3v) is 4.30. The summed E-state index contributed by atoms with van der Waals surface area (Å²) in [5, 5.41) is 12.7. The number of hydrogen-bond acceptors (Lipinski definition) is 3. The molecule has 1 fully saturated rings. The number of hydrogen-bond donors (Lipinski definition) is 2. The quantitative estimate of drug-likeness (QED) is 0.695. The smallest absolute Gasteiger partial charge is 0.0613 e. The van der Waals surface area contributed by atoms with Crippen molar-refractivity contribution in [1.82, 2.24) is 10.2 Å². The number of aliphatic hydroxyl groups is 1. The Kier molecular flexibility index (Phi) is 5.73. The second kappa shape index (κ2) is 6.58. The molecule has 0 aromatic rings. The van der Waals surface area contributed by atoms with Gasteiger partial charge in [0.2, 0.25) is 0 Å². The molecule has 1 saturated heterocycles. The summed E-state index contributed by atoms with van der Waals surface area (Å²) < 4.78 is 0. The fraction of sp³-hybridized carbons (Fsp3) is 1.00. The molecule has 3 nitrogen and oxygen atoms in total. The van der Waals surface area contributed by atoms with Crippen molar-refractivity contribution >= 4 is 0 Å². The van der Waals surface area contributed by atoms with Gasteiger partial charge in [-0.05, 0) is 59.2 Å². The van der Waals surface area contributed by atoms with Gasteiger partial charge in [-0.15, -0.1) is 0 Å². The average molecular weight is 228 g/mol. The first kappa shape index (κ1) is 13.9. The summed E-state index contributed by atoms with van der Waals surface area (Å²) in [7, 11) is 1.96. The maximum absolute atomic E-state index is 9.44. The van der Waals surface area contributed by atoms with Gasteiger partial charge in [0.25, 0.3) is 0 Å². The molecule has 0 amide bonds. The van der Waals surface area contributed by atoms with E-state index in [0.717, 1.165) is 18.9 Å². The lowest BCUT2D eigenvalue weighted by Crippen LogP contribution is -2.46. The molecular weight excluding hydrogens is 200 g/mol. The molecule has 0 spiro atoms. The molecule has 1 rings (SSSR count). The molecule has 16 heavy (non-hydrogen) atoms. The van der Waals surface area contributed by atoms with Crippen molar-refractivity contribution in [2.45, 2.75) is 57.5 Å². The van der Waals surface area contributed by atoms with Crippen LogP contribution in [0.1, 0.15) is 46.0 Å². The highest BCUT2D eigenvalue weighted by molar-refractivity contribution is 4.85. The lowest BCUT2D eigenvalue weighted by Gasteiger charge is -2.31. The Bertz CT molecular complexity index is 184. The fourth-order valence-corrected chi connectivity index (χ4v) is 2.69. The molecule has 0 aromatic heterocycles. The first-order chi connectivity index (χ1) is 7.67. The highest BCUT2D eigenvalue weighted by atomic mass is 16.3. The van der Waals surface area contributed by atoms with Crippen LogP contribution in [0.2, 0.25) is 0 Å². The fourth-order valence-electron chi connectivity index (χ4n) is 2.69. The van der Waals surface area contributed by atoms with Crippen LogP contribution in [0.25, 0.3) is 0 Å². The molecule has 3 heteroatoms. The third-order valence-electron chi connectivity index (χ3n) is 4.30. The minimum absolute atomic E-state index is 0.0526. The van der Waals surface area contributed by atoms with Crippen LogP contribution in [-0.2, 0) is 0 Å². The van der Waals surface area contributed by atoms with Gasteiger partial charge in [-0.1, -0.05) is 6.92 Å². The second-order valence-electron chi connectivity index (χ2n) is 5.17. The molecule has 2 atom stereocenters. The predicted molar refractivity (Wildman–Crippen MR) is 68.7 cm³/mol. The Morgan fingerprint density at radius 3 is 2.69 bits per heavy atom. The van der Waals surface area contributed by atoms with Gasteiger partial charge in [-0.25, -0.2) is 0 Å². The van der Waals surface area contributed by atoms with Crippen LogP contribution < -0.4 is 5.32 Å². The molecule has 0 aromatic carbocycles. The maximum Gasteiger partial charge on any atom is 0.0613 e. The SMILES string of the molecule is CCC(CO)(CCCN1CCCC1C)NC. The zero-order valence-corrected chi connectivity index (χ0v) is 11.1. The Morgan fingerprint density at radius 1 is 1.50 bits per heavy atom. The van der Waals surface area contributed by atoms with Crippen molar-refractivity contribution in [3.63, 3.8) is 0 Å². The summed E-state index contributed by atoms with van der Waals surface area (Å²) in [5.74, 6) is 0. The number of likely N-dealkylation sites (N-methyl/N-ethyl adjacent to an activating group) is 1. The van der Waals surface area contributed by atoms with Crippen LogP contribution >= 0.6 is 0 Å². The Hall–Kier alpha value is -0.120. The molecule has 0 radical (unpaired) electrons. The standard InChI is InChI=1S/C13H28N2O/c1-4-13(11-16,14-3)8-6-10-15-9-5-7-12(15)2/h12,14,16H,4-11H2,1-3H3. The van der Waals surface area contributed by atoms with Gasteiger partial charge >= 0.3 is 0 Å². The monoisotopic (exact) mass is 228 g/mol. The van der Waals surface area contributed by atoms with E-state index in [1.165, 1.54) is 32.4 Å². The van der Waals surface area contributed by atoms with Crippen LogP contribution in [-0.4, -0.2) is 48.3 Å². The largest absolute Gasteiger partial charge is 0.394 e. The number of rotatable bonds is 7. The Morgan fingerprint density at radius 2 is 2.25 bits per heavy atom. The topological polar surface area (TPSA) is 35.5 Å². The van der Waals surface area contributed by atoms with E-state index < -0.39 is 0 Å². The van der Waals surface area contributed by atoms with E-state index in [-0.39, 0.29) is 12.1 Å². The minimum atomic E-state index is -0.0526. The van der Waals surface area contributed by atoms with E-state index >= 15 is 0 Å². The van der Waals surface area contributed by atoms with Gasteiger partial charge in [0.15, 0.2) is 0 Å². The van der Waals surface area contributed by atoms with Gasteiger partial charge < -0.3 is 15.3 Å². The van der Waals surface area contributed by atoms with Crippen LogP contribution in [0.4, 0.5) is 0 Å². The van der Waals surface area contributed by atoms with Crippen LogP contribution in [0.3, 0.4) is 0 Å². The van der Waals surface area contributed by atoms with Crippen molar-refractivity contribution in [1.29, 1.82) is 0 Å². The summed E-state index contributed by atoms with van der Waals surface area (Å²) in [6, 6.07) is 0.764. The van der Waals surface area contributed by atoms with E-state index in [1.54, 1.807) is 0 Å². The van der Waals surface area contributed by atoms with Crippen molar-refractivity contribution in [2.75, 3.05) is 26.7 Å². The lowest BCUT2D eigenvalue weighted by atomic mass is 9.91. The van der Waals surface area contributed by atoms with E-state index in [9.17, 15) is 5.11 Å². The van der Waals surface area contributed by atoms with E-state index in [4.69, 9.17) is 0 Å². The molecule has 0 aliphatic carbocycles. The number of nitrogens with one attached hydrogen (secondary N) is 1. The normalized spacial score (nSPS) is 25.9. The van der Waals surface area contributed by atoms with Gasteiger partial charge in [-0.3, -0.25) is 0 Å². The Balaban J connectivity index is 2.27. The number of likely N-dealkylation sites (tertiary alicyclic amines) is 1. The zero-order chi connectivity index (χ0) is 12.0. The highest BCUT2D eigenvalue weighted by Crippen LogP contribution is 2.20. The van der Waals surface area contributed by atoms with Crippen molar-refractivity contribution in [3.05, 3.63) is 0 Å². The predicted octanol–water partition coefficient (Wildman–Crippen LogP) is 1.61. The molecule has 0 saturated carbocycles. The van der Waals surface area contributed by atoms with Crippen LogP contribution in [0.5, 0.6) is 0 Å². The number of nitrogens with zero attached hydrogens (tertiary/aromatic N) is 1. The highest BCUT2D eigenvalue weighted by Gasteiger charge is 2.26. The van der Waals surface area contributed by atoms with Crippen molar-refractivity contribution < 1.29 is 5.11 Å². The molecule has 1 heterocycles. The summed E-state index contributed by atoms with van der Waals surface area (Å²) in [6.07, 6.45) is 5.95. The molecule has 2 N–H and O–H groups in total. The van der Waals surface area contributed by atoms with Gasteiger partial charge in [0.05, 0.1) is 6.61 Å². The molecule has 1 aliphatic rings. The number of aliphatic hydroxyl groups excluding tert-OH is 1. The lowest BCUT2D eigenvalue weighted by molar-refractivity contribution is 0.145. The molecule has 1 aliphatic heterocycles. The van der Waals surface area contributed by atoms with E-state index in [0.29, 0.717) is 0 Å². The summed E-state index contributed by atoms with van der Waals surface area (Å²) in [6.45, 7) is 7.16. The van der Waals surface area contributed by atoms with Gasteiger partial charge in [-0.2, -0.15) is 0 Å². The second-order valence-corrected chi connectivity index (χ2v) is 5.17. The molecule has 0 bridgehead atoms. The van der Waals surface area contributed by atoms with Crippen LogP contribution in [0.15, 0.2) is 0 Å². The maximum atomic E-state index is 9.44. The molecule has 2 unspecified atom stereocenters. The third kappa shape index (κ3) is 3.44. The van der Waals surface area contributed by atoms with Gasteiger partial charge in [0.1, 0.15) is 0 Å². The van der Waals surface area contributed by atoms with E-state index in [2.05, 4.69) is 24.1 Å². The minimum Gasteiger partial charge on any atom is -0.394 e. The van der Waals surface area contributed by atoms with Crippen LogP contribution in [0, 0.1) is 0 Å². The molecular formula is C13H28N2O. The summed E-state index contributed by atoms with van der Waals surface area (Å²) in [4.78, 5) is 2.58. The summed E-state index contributed by atoms with van der Waals surface area (Å²) >= 11 is 0. The summed E-state index contributed by atoms with van der Waals surface area (Å²) in [5.41, 5.74) is -0.0526. The first-order valence-corrected chi connectivity index (χ1v) is 6.71.